The second-order valence-corrected chi connectivity index (χ2v) is 5.47. The van der Waals surface area contributed by atoms with Crippen LogP contribution in [0.4, 0.5) is 13.2 Å². The molecule has 112 valence electrons. The van der Waals surface area contributed by atoms with E-state index in [1.165, 1.54) is 30.5 Å². The molecule has 21 heavy (non-hydrogen) atoms. The number of nitrogens with zero attached hydrogens (tertiary/aromatic N) is 1. The second kappa shape index (κ2) is 6.23. The average molecular weight is 316 g/mol. The molecule has 1 atom stereocenters. The van der Waals surface area contributed by atoms with Gasteiger partial charge >= 0.3 is 5.51 Å². The van der Waals surface area contributed by atoms with Crippen LogP contribution >= 0.6 is 0 Å². The van der Waals surface area contributed by atoms with Crippen molar-refractivity contribution >= 4 is 23.0 Å². The highest BCUT2D eigenvalue weighted by Crippen LogP contribution is 2.26. The zero-order chi connectivity index (χ0) is 15.5. The lowest BCUT2D eigenvalue weighted by molar-refractivity contribution is -0.0384. The molecule has 8 heteroatoms. The first-order chi connectivity index (χ1) is 9.90. The molecule has 2 aromatic rings. The van der Waals surface area contributed by atoms with Gasteiger partial charge in [0.15, 0.2) is 10.8 Å². The molecule has 0 saturated heterocycles. The van der Waals surface area contributed by atoms with Crippen LogP contribution in [-0.4, -0.2) is 14.7 Å². The second-order valence-electron chi connectivity index (χ2n) is 4.00. The van der Waals surface area contributed by atoms with Crippen molar-refractivity contribution in [1.29, 1.82) is 0 Å². The molecule has 4 nitrogen and oxygen atoms in total. The number of nitrogens with two attached hydrogens (primary N) is 1. The number of hydrogen-bond donors (Lipinski definition) is 1. The quantitative estimate of drug-likeness (QED) is 0.941. The lowest BCUT2D eigenvalue weighted by atomic mass is 10.2. The number of hydrogen-bond acceptors (Lipinski definition) is 4. The van der Waals surface area contributed by atoms with Gasteiger partial charge in [-0.2, -0.15) is 13.2 Å². The highest BCUT2D eigenvalue weighted by Gasteiger charge is 2.37. The Morgan fingerprint density at radius 1 is 1.24 bits per heavy atom. The van der Waals surface area contributed by atoms with Gasteiger partial charge in [0.1, 0.15) is 6.26 Å². The first kappa shape index (κ1) is 15.5. The fourth-order valence-electron chi connectivity index (χ4n) is 1.50. The molecule has 1 unspecified atom stereocenters. The molecule has 1 heterocycles. The summed E-state index contributed by atoms with van der Waals surface area (Å²) < 4.78 is 53.1. The average Bonchev–Trinajstić information content (AvgIpc) is 2.92. The van der Waals surface area contributed by atoms with Gasteiger partial charge in [0, 0.05) is 17.5 Å². The van der Waals surface area contributed by atoms with Crippen LogP contribution in [0.15, 0.2) is 39.8 Å². The summed E-state index contributed by atoms with van der Waals surface area (Å²) >= 11 is 0. The minimum atomic E-state index is -4.76. The van der Waals surface area contributed by atoms with E-state index >= 15 is 0 Å². The molecular formula is C13H11F3N2O2S. The molecule has 0 bridgehead atoms. The van der Waals surface area contributed by atoms with E-state index in [9.17, 15) is 17.4 Å². The normalized spacial score (nSPS) is 13.7. The van der Waals surface area contributed by atoms with Crippen molar-refractivity contribution in [1.82, 2.24) is 4.98 Å². The van der Waals surface area contributed by atoms with E-state index in [1.54, 1.807) is 12.2 Å². The fraction of sp³-hybridized carbons (Fsp3) is 0.154. The van der Waals surface area contributed by atoms with Crippen LogP contribution in [0.1, 0.15) is 17.1 Å². The van der Waals surface area contributed by atoms with Gasteiger partial charge in [0.25, 0.3) is 0 Å². The van der Waals surface area contributed by atoms with Crippen molar-refractivity contribution in [3.63, 3.8) is 0 Å². The number of aromatic nitrogens is 1. The number of rotatable bonds is 4. The van der Waals surface area contributed by atoms with Gasteiger partial charge in [-0.3, -0.25) is 0 Å². The standard InChI is InChI=1S/C13H11F3N2O2S/c14-13(15,16)21(19)11-4-1-9(2-5-11)3-6-12-18-10(7-17)8-20-12/h1-6,8H,7,17H2. The molecule has 0 aliphatic carbocycles. The molecule has 2 rings (SSSR count). The van der Waals surface area contributed by atoms with Crippen LogP contribution in [0.5, 0.6) is 0 Å². The Morgan fingerprint density at radius 3 is 2.43 bits per heavy atom. The van der Waals surface area contributed by atoms with Crippen LogP contribution in [-0.2, 0) is 17.3 Å². The van der Waals surface area contributed by atoms with E-state index < -0.39 is 16.3 Å². The summed E-state index contributed by atoms with van der Waals surface area (Å²) in [6.45, 7) is 0.259. The first-order valence-corrected chi connectivity index (χ1v) is 6.96. The minimum absolute atomic E-state index is 0.259. The van der Waals surface area contributed by atoms with Crippen molar-refractivity contribution in [3.05, 3.63) is 47.7 Å². The van der Waals surface area contributed by atoms with Gasteiger partial charge in [-0.05, 0) is 23.8 Å². The topological polar surface area (TPSA) is 69.1 Å². The lowest BCUT2D eigenvalue weighted by Gasteiger charge is -2.05. The third-order valence-electron chi connectivity index (χ3n) is 2.50. The molecule has 0 radical (unpaired) electrons. The zero-order valence-corrected chi connectivity index (χ0v) is 11.4. The van der Waals surface area contributed by atoms with Crippen molar-refractivity contribution in [3.8, 4) is 0 Å². The fourth-order valence-corrected chi connectivity index (χ4v) is 2.15. The number of benzene rings is 1. The molecule has 0 spiro atoms. The molecule has 1 aromatic carbocycles. The van der Waals surface area contributed by atoms with Crippen molar-refractivity contribution in [2.75, 3.05) is 0 Å². The predicted molar refractivity (Wildman–Crippen MR) is 72.2 cm³/mol. The Morgan fingerprint density at radius 2 is 1.90 bits per heavy atom. The summed E-state index contributed by atoms with van der Waals surface area (Å²) in [5, 5.41) is 0. The Kier molecular flexibility index (Phi) is 4.59. The first-order valence-electron chi connectivity index (χ1n) is 5.81. The third kappa shape index (κ3) is 4.02. The highest BCUT2D eigenvalue weighted by molar-refractivity contribution is 7.86. The van der Waals surface area contributed by atoms with Crippen LogP contribution in [0, 0.1) is 0 Å². The third-order valence-corrected chi connectivity index (χ3v) is 3.62. The van der Waals surface area contributed by atoms with Gasteiger partial charge in [-0.15, -0.1) is 0 Å². The summed E-state index contributed by atoms with van der Waals surface area (Å²) in [6, 6.07) is 5.21. The summed E-state index contributed by atoms with van der Waals surface area (Å²) in [5.41, 5.74) is 1.86. The van der Waals surface area contributed by atoms with Gasteiger partial charge in [0.2, 0.25) is 5.89 Å². The number of oxazole rings is 1. The van der Waals surface area contributed by atoms with E-state index in [0.29, 0.717) is 17.1 Å². The molecule has 1 aromatic heterocycles. The highest BCUT2D eigenvalue weighted by atomic mass is 32.2. The SMILES string of the molecule is NCc1coc(C=Cc2ccc(S(=O)C(F)(F)F)cc2)n1. The number of halogens is 3. The van der Waals surface area contributed by atoms with Crippen molar-refractivity contribution in [2.45, 2.75) is 16.9 Å². The molecule has 0 saturated carbocycles. The Hall–Kier alpha value is -1.93. The van der Waals surface area contributed by atoms with Gasteiger partial charge in [-0.1, -0.05) is 12.1 Å². The minimum Gasteiger partial charge on any atom is -0.445 e. The van der Waals surface area contributed by atoms with Crippen LogP contribution < -0.4 is 5.73 Å². The van der Waals surface area contributed by atoms with E-state index in [1.807, 2.05) is 0 Å². The van der Waals surface area contributed by atoms with E-state index in [-0.39, 0.29) is 11.4 Å². The summed E-state index contributed by atoms with van der Waals surface area (Å²) in [4.78, 5) is 3.76. The summed E-state index contributed by atoms with van der Waals surface area (Å²) in [7, 11) is -3.02. The lowest BCUT2D eigenvalue weighted by Crippen LogP contribution is -2.16. The van der Waals surface area contributed by atoms with E-state index in [4.69, 9.17) is 10.2 Å². The van der Waals surface area contributed by atoms with Crippen LogP contribution in [0.3, 0.4) is 0 Å². The predicted octanol–water partition coefficient (Wildman–Crippen LogP) is 2.93. The summed E-state index contributed by atoms with van der Waals surface area (Å²) in [5.74, 6) is 0.346. The van der Waals surface area contributed by atoms with Crippen LogP contribution in [0.2, 0.25) is 0 Å². The Labute approximate surface area is 120 Å². The van der Waals surface area contributed by atoms with E-state index in [2.05, 4.69) is 4.98 Å². The summed E-state index contributed by atoms with van der Waals surface area (Å²) in [6.07, 6.45) is 4.61. The van der Waals surface area contributed by atoms with Gasteiger partial charge < -0.3 is 10.2 Å². The monoisotopic (exact) mass is 316 g/mol. The molecule has 0 fully saturated rings. The Balaban J connectivity index is 2.10. The molecule has 0 aliphatic heterocycles. The van der Waals surface area contributed by atoms with Crippen molar-refractivity contribution < 1.29 is 21.8 Å². The molecule has 2 N–H and O–H groups in total. The molecule has 0 amide bonds. The molecule has 0 aliphatic rings. The van der Waals surface area contributed by atoms with Crippen molar-refractivity contribution in [2.24, 2.45) is 5.73 Å². The maximum atomic E-state index is 12.3. The van der Waals surface area contributed by atoms with Gasteiger partial charge in [0.05, 0.1) is 5.69 Å². The Bertz CT molecular complexity index is 663. The smallest absolute Gasteiger partial charge is 0.445 e. The maximum absolute atomic E-state index is 12.3. The van der Waals surface area contributed by atoms with E-state index in [0.717, 1.165) is 0 Å². The van der Waals surface area contributed by atoms with Crippen LogP contribution in [0.25, 0.3) is 12.2 Å². The molecular weight excluding hydrogens is 305 g/mol. The number of alkyl halides is 3. The zero-order valence-electron chi connectivity index (χ0n) is 10.6. The maximum Gasteiger partial charge on any atom is 0.475 e. The van der Waals surface area contributed by atoms with Gasteiger partial charge in [-0.25, -0.2) is 9.19 Å². The largest absolute Gasteiger partial charge is 0.475 e.